The van der Waals surface area contributed by atoms with Crippen molar-refractivity contribution in [2.45, 2.75) is 56.5 Å². The number of esters is 1. The average Bonchev–Trinajstić information content (AvgIpc) is 3.63. The molecule has 5 rings (SSSR count). The Kier molecular flexibility index (Phi) is 10.4. The predicted octanol–water partition coefficient (Wildman–Crippen LogP) is 5.45. The van der Waals surface area contributed by atoms with Gasteiger partial charge in [0.15, 0.2) is 11.0 Å². The van der Waals surface area contributed by atoms with Crippen molar-refractivity contribution < 1.29 is 28.6 Å². The van der Waals surface area contributed by atoms with Crippen LogP contribution < -0.4 is 20.1 Å². The van der Waals surface area contributed by atoms with Gasteiger partial charge in [0.25, 0.3) is 5.91 Å². The summed E-state index contributed by atoms with van der Waals surface area (Å²) in [6.07, 6.45) is 3.72. The zero-order chi connectivity index (χ0) is 31.9. The number of rotatable bonds is 12. The summed E-state index contributed by atoms with van der Waals surface area (Å²) in [4.78, 5) is 40.6. The molecule has 0 fully saturated rings. The Balaban J connectivity index is 1.40. The van der Waals surface area contributed by atoms with Gasteiger partial charge in [-0.25, -0.2) is 4.79 Å². The highest BCUT2D eigenvalue weighted by atomic mass is 32.2. The number of carbonyl (C=O) groups excluding carboxylic acids is 3. The van der Waals surface area contributed by atoms with Gasteiger partial charge in [-0.15, -0.1) is 21.5 Å². The highest BCUT2D eigenvalue weighted by molar-refractivity contribution is 8.00. The molecule has 1 aliphatic rings. The SMILES string of the molecule is CCOC(=O)c1c(NC(=O)[C@@H](C)Sc2nnc(CNC(=O)c3ccccc3OC)n2-c2ccccc2OC)sc2c1CCCC2. The highest BCUT2D eigenvalue weighted by Crippen LogP contribution is 2.39. The number of nitrogens with zero attached hydrogens (tertiary/aromatic N) is 3. The molecule has 0 aliphatic heterocycles. The quantitative estimate of drug-likeness (QED) is 0.152. The predicted molar refractivity (Wildman–Crippen MR) is 173 cm³/mol. The van der Waals surface area contributed by atoms with Crippen LogP contribution in [-0.4, -0.2) is 58.6 Å². The molecule has 0 spiro atoms. The number of methoxy groups -OCH3 is 2. The summed E-state index contributed by atoms with van der Waals surface area (Å²) < 4.78 is 18.1. The number of benzene rings is 2. The molecule has 4 aromatic rings. The molecule has 45 heavy (non-hydrogen) atoms. The number of aromatic nitrogens is 3. The minimum atomic E-state index is -0.618. The van der Waals surface area contributed by atoms with Crippen LogP contribution in [0.25, 0.3) is 5.69 Å². The molecule has 0 unspecified atom stereocenters. The second kappa shape index (κ2) is 14.6. The minimum Gasteiger partial charge on any atom is -0.496 e. The molecule has 2 amide bonds. The van der Waals surface area contributed by atoms with E-state index in [-0.39, 0.29) is 25.0 Å². The molecule has 0 saturated carbocycles. The number of thioether (sulfide) groups is 1. The third-order valence-electron chi connectivity index (χ3n) is 7.32. The van der Waals surface area contributed by atoms with Crippen LogP contribution in [0.2, 0.25) is 0 Å². The van der Waals surface area contributed by atoms with Gasteiger partial charge in [-0.2, -0.15) is 0 Å². The second-order valence-electron chi connectivity index (χ2n) is 10.2. The van der Waals surface area contributed by atoms with E-state index >= 15 is 0 Å². The Hall–Kier alpha value is -4.36. The number of para-hydroxylation sites is 3. The van der Waals surface area contributed by atoms with Crippen LogP contribution in [0.4, 0.5) is 5.00 Å². The lowest BCUT2D eigenvalue weighted by Gasteiger charge is -2.16. The van der Waals surface area contributed by atoms with Gasteiger partial charge in [-0.05, 0) is 69.4 Å². The third-order valence-corrected chi connectivity index (χ3v) is 9.57. The summed E-state index contributed by atoms with van der Waals surface area (Å²) in [6, 6.07) is 14.3. The van der Waals surface area contributed by atoms with E-state index in [1.165, 1.54) is 30.2 Å². The molecule has 2 heterocycles. The van der Waals surface area contributed by atoms with E-state index in [2.05, 4.69) is 20.8 Å². The summed E-state index contributed by atoms with van der Waals surface area (Å²) >= 11 is 2.65. The molecular weight excluding hydrogens is 615 g/mol. The normalized spacial score (nSPS) is 13.0. The monoisotopic (exact) mass is 649 g/mol. The Bertz CT molecular complexity index is 1700. The fourth-order valence-electron chi connectivity index (χ4n) is 5.13. The number of fused-ring (bicyclic) bond motifs is 1. The molecule has 2 aromatic carbocycles. The molecule has 11 nitrogen and oxygen atoms in total. The fraction of sp³-hybridized carbons (Fsp3) is 0.344. The van der Waals surface area contributed by atoms with Crippen molar-refractivity contribution in [2.24, 2.45) is 0 Å². The van der Waals surface area contributed by atoms with E-state index < -0.39 is 11.2 Å². The first-order valence-electron chi connectivity index (χ1n) is 14.6. The maximum Gasteiger partial charge on any atom is 0.341 e. The van der Waals surface area contributed by atoms with E-state index in [9.17, 15) is 14.4 Å². The van der Waals surface area contributed by atoms with Gasteiger partial charge >= 0.3 is 5.97 Å². The Morgan fingerprint density at radius 2 is 1.71 bits per heavy atom. The van der Waals surface area contributed by atoms with Crippen LogP contribution >= 0.6 is 23.1 Å². The molecule has 1 aliphatic carbocycles. The van der Waals surface area contributed by atoms with Crippen molar-refractivity contribution in [3.8, 4) is 17.2 Å². The zero-order valence-electron chi connectivity index (χ0n) is 25.5. The van der Waals surface area contributed by atoms with Gasteiger partial charge in [0.2, 0.25) is 5.91 Å². The lowest BCUT2D eigenvalue weighted by Crippen LogP contribution is -2.25. The number of ether oxygens (including phenoxy) is 3. The Morgan fingerprint density at radius 1 is 1.00 bits per heavy atom. The molecule has 1 atom stereocenters. The third kappa shape index (κ3) is 6.99. The molecule has 0 radical (unpaired) electrons. The first-order chi connectivity index (χ1) is 21.9. The number of aryl methyl sites for hydroxylation is 1. The van der Waals surface area contributed by atoms with Crippen LogP contribution in [0, 0.1) is 0 Å². The van der Waals surface area contributed by atoms with E-state index in [1.807, 2.05) is 24.3 Å². The summed E-state index contributed by atoms with van der Waals surface area (Å²) in [5.41, 5.74) is 2.49. The second-order valence-corrected chi connectivity index (χ2v) is 12.6. The Labute approximate surface area is 269 Å². The van der Waals surface area contributed by atoms with Gasteiger partial charge in [-0.1, -0.05) is 36.0 Å². The summed E-state index contributed by atoms with van der Waals surface area (Å²) in [6.45, 7) is 3.84. The largest absolute Gasteiger partial charge is 0.496 e. The van der Waals surface area contributed by atoms with Gasteiger partial charge in [0.1, 0.15) is 16.5 Å². The van der Waals surface area contributed by atoms with E-state index in [4.69, 9.17) is 14.2 Å². The van der Waals surface area contributed by atoms with Gasteiger partial charge < -0.3 is 24.8 Å². The van der Waals surface area contributed by atoms with E-state index in [0.29, 0.717) is 44.3 Å². The van der Waals surface area contributed by atoms with Gasteiger partial charge in [-0.3, -0.25) is 14.2 Å². The minimum absolute atomic E-state index is 0.0483. The summed E-state index contributed by atoms with van der Waals surface area (Å²) in [7, 11) is 3.08. The first kappa shape index (κ1) is 32.0. The molecule has 0 bridgehead atoms. The number of hydrogen-bond acceptors (Lipinski definition) is 10. The van der Waals surface area contributed by atoms with Crippen LogP contribution in [0.5, 0.6) is 11.5 Å². The van der Waals surface area contributed by atoms with Gasteiger partial charge in [0.05, 0.1) is 49.4 Å². The van der Waals surface area contributed by atoms with E-state index in [1.54, 1.807) is 49.8 Å². The van der Waals surface area contributed by atoms with E-state index in [0.717, 1.165) is 36.1 Å². The van der Waals surface area contributed by atoms with Crippen LogP contribution in [0.15, 0.2) is 53.7 Å². The van der Waals surface area contributed by atoms with Crippen molar-refractivity contribution in [1.29, 1.82) is 0 Å². The van der Waals surface area contributed by atoms with Crippen LogP contribution in [-0.2, 0) is 28.9 Å². The Morgan fingerprint density at radius 3 is 2.47 bits per heavy atom. The maximum atomic E-state index is 13.5. The van der Waals surface area contributed by atoms with Crippen LogP contribution in [0.3, 0.4) is 0 Å². The molecule has 236 valence electrons. The number of carbonyl (C=O) groups is 3. The summed E-state index contributed by atoms with van der Waals surface area (Å²) in [5.74, 6) is 0.424. The van der Waals surface area contributed by atoms with Crippen LogP contribution in [0.1, 0.15) is 63.7 Å². The molecule has 0 saturated heterocycles. The van der Waals surface area contributed by atoms with Gasteiger partial charge in [0, 0.05) is 4.88 Å². The molecular formula is C32H35N5O6S2. The smallest absolute Gasteiger partial charge is 0.341 e. The first-order valence-corrected chi connectivity index (χ1v) is 16.3. The van der Waals surface area contributed by atoms with Crippen molar-refractivity contribution in [2.75, 3.05) is 26.1 Å². The number of nitrogens with one attached hydrogen (secondary N) is 2. The highest BCUT2D eigenvalue weighted by Gasteiger charge is 2.29. The summed E-state index contributed by atoms with van der Waals surface area (Å²) in [5, 5.41) is 15.0. The van der Waals surface area contributed by atoms with Crippen molar-refractivity contribution >= 4 is 45.9 Å². The average molecular weight is 650 g/mol. The standard InChI is InChI=1S/C32H35N5O6S2/c1-5-43-31(40)27-21-13-7-11-17-25(21)45-30(27)34-28(38)19(2)44-32-36-35-26(37(32)22-14-8-10-16-24(22)42-4)18-33-29(39)20-12-6-9-15-23(20)41-3/h6,8-10,12,14-16,19H,5,7,11,13,17-18H2,1-4H3,(H,33,39)(H,34,38)/t19-/m1/s1. The molecule has 2 aromatic heterocycles. The lowest BCUT2D eigenvalue weighted by molar-refractivity contribution is -0.115. The number of amides is 2. The number of anilines is 1. The van der Waals surface area contributed by atoms with Crippen molar-refractivity contribution in [3.63, 3.8) is 0 Å². The van der Waals surface area contributed by atoms with Crippen molar-refractivity contribution in [1.82, 2.24) is 20.1 Å². The maximum absolute atomic E-state index is 13.5. The topological polar surface area (TPSA) is 134 Å². The zero-order valence-corrected chi connectivity index (χ0v) is 27.2. The lowest BCUT2D eigenvalue weighted by atomic mass is 9.95. The molecule has 13 heteroatoms. The molecule has 2 N–H and O–H groups in total. The number of hydrogen-bond donors (Lipinski definition) is 2. The number of thiophene rings is 1. The fourth-order valence-corrected chi connectivity index (χ4v) is 7.29. The van der Waals surface area contributed by atoms with Crippen molar-refractivity contribution in [3.05, 3.63) is 75.9 Å².